The number of amides is 1. The highest BCUT2D eigenvalue weighted by Crippen LogP contribution is 2.35. The molecule has 1 fully saturated rings. The van der Waals surface area contributed by atoms with E-state index in [2.05, 4.69) is 29.0 Å². The molecular formula is C24H29FN6O. The molecule has 3 heterocycles. The molecular weight excluding hydrogens is 407 g/mol. The van der Waals surface area contributed by atoms with Crippen LogP contribution in [0, 0.1) is 5.82 Å². The number of aromatic amines is 1. The Kier molecular flexibility index (Phi) is 6.21. The van der Waals surface area contributed by atoms with E-state index < -0.39 is 0 Å². The van der Waals surface area contributed by atoms with E-state index in [1.54, 1.807) is 12.1 Å². The quantitative estimate of drug-likeness (QED) is 0.648. The van der Waals surface area contributed by atoms with Gasteiger partial charge in [-0.05, 0) is 42.5 Å². The summed E-state index contributed by atoms with van der Waals surface area (Å²) < 4.78 is 13.4. The maximum atomic E-state index is 13.4. The van der Waals surface area contributed by atoms with Gasteiger partial charge in [0.05, 0.1) is 5.69 Å². The van der Waals surface area contributed by atoms with Gasteiger partial charge in [-0.3, -0.25) is 9.89 Å². The van der Waals surface area contributed by atoms with Crippen molar-refractivity contribution >= 4 is 11.9 Å². The van der Waals surface area contributed by atoms with E-state index in [1.165, 1.54) is 12.1 Å². The summed E-state index contributed by atoms with van der Waals surface area (Å²) in [7, 11) is 3.82. The van der Waals surface area contributed by atoms with Crippen molar-refractivity contribution in [3.8, 4) is 11.1 Å². The predicted octanol–water partition coefficient (Wildman–Crippen LogP) is 4.22. The molecule has 1 aliphatic heterocycles. The number of H-pyrrole nitrogens is 1. The van der Waals surface area contributed by atoms with Crippen molar-refractivity contribution in [2.75, 3.05) is 32.1 Å². The molecule has 168 valence electrons. The Labute approximate surface area is 187 Å². The Morgan fingerprint density at radius 2 is 1.88 bits per heavy atom. The Morgan fingerprint density at radius 1 is 1.19 bits per heavy atom. The van der Waals surface area contributed by atoms with Crippen molar-refractivity contribution in [2.45, 2.75) is 38.5 Å². The monoisotopic (exact) mass is 436 g/mol. The van der Waals surface area contributed by atoms with E-state index in [0.29, 0.717) is 30.6 Å². The highest BCUT2D eigenvalue weighted by atomic mass is 19.1. The van der Waals surface area contributed by atoms with E-state index >= 15 is 0 Å². The summed E-state index contributed by atoms with van der Waals surface area (Å²) >= 11 is 0. The van der Waals surface area contributed by atoms with E-state index in [4.69, 9.17) is 4.98 Å². The molecule has 3 aromatic rings. The van der Waals surface area contributed by atoms with Crippen LogP contribution in [-0.4, -0.2) is 58.2 Å². The second-order valence-corrected chi connectivity index (χ2v) is 8.80. The zero-order chi connectivity index (χ0) is 22.8. The number of piperidine rings is 1. The third kappa shape index (κ3) is 4.49. The van der Waals surface area contributed by atoms with Crippen LogP contribution in [0.25, 0.3) is 11.1 Å². The van der Waals surface area contributed by atoms with Crippen LogP contribution in [0.1, 0.15) is 60.4 Å². The van der Waals surface area contributed by atoms with Gasteiger partial charge in [0, 0.05) is 50.6 Å². The fraction of sp³-hybridized carbons (Fsp3) is 0.417. The summed E-state index contributed by atoms with van der Waals surface area (Å²) in [6.07, 6.45) is 3.41. The predicted molar refractivity (Wildman–Crippen MR) is 122 cm³/mol. The molecule has 2 aromatic heterocycles. The van der Waals surface area contributed by atoms with Gasteiger partial charge < -0.3 is 9.80 Å². The zero-order valence-corrected chi connectivity index (χ0v) is 19.0. The van der Waals surface area contributed by atoms with Gasteiger partial charge in [-0.2, -0.15) is 5.10 Å². The van der Waals surface area contributed by atoms with Crippen LogP contribution in [0.3, 0.4) is 0 Å². The standard InChI is InChI=1S/C24H29FN6O/c1-15(2)20-13-21(29-28-20)23(32)31-11-9-17(10-12-31)22-19(14-26-24(27-22)30(3)4)16-5-7-18(25)8-6-16/h5-8,13-15,17H,9-12H2,1-4H3,(H,28,29). The number of benzene rings is 1. The lowest BCUT2D eigenvalue weighted by Gasteiger charge is -2.32. The minimum absolute atomic E-state index is 0.0398. The number of rotatable bonds is 5. The average molecular weight is 437 g/mol. The number of aromatic nitrogens is 4. The number of hydrogen-bond donors (Lipinski definition) is 1. The molecule has 1 saturated heterocycles. The Hall–Kier alpha value is -3.29. The molecule has 1 aliphatic rings. The summed E-state index contributed by atoms with van der Waals surface area (Å²) in [4.78, 5) is 26.0. The fourth-order valence-corrected chi connectivity index (χ4v) is 4.02. The van der Waals surface area contributed by atoms with Gasteiger partial charge in [0.15, 0.2) is 0 Å². The van der Waals surface area contributed by atoms with Crippen LogP contribution in [0.2, 0.25) is 0 Å². The number of carbonyl (C=O) groups is 1. The van der Waals surface area contributed by atoms with Crippen LogP contribution in [0.15, 0.2) is 36.5 Å². The van der Waals surface area contributed by atoms with Crippen LogP contribution < -0.4 is 4.90 Å². The number of anilines is 1. The van der Waals surface area contributed by atoms with Crippen molar-refractivity contribution in [1.82, 2.24) is 25.1 Å². The molecule has 7 nitrogen and oxygen atoms in total. The lowest BCUT2D eigenvalue weighted by Crippen LogP contribution is -2.38. The summed E-state index contributed by atoms with van der Waals surface area (Å²) in [5.74, 6) is 0.811. The summed E-state index contributed by atoms with van der Waals surface area (Å²) in [5, 5.41) is 7.17. The minimum atomic E-state index is -0.271. The first-order valence-electron chi connectivity index (χ1n) is 11.0. The van der Waals surface area contributed by atoms with E-state index in [9.17, 15) is 9.18 Å². The maximum absolute atomic E-state index is 13.4. The van der Waals surface area contributed by atoms with Crippen LogP contribution in [0.5, 0.6) is 0 Å². The topological polar surface area (TPSA) is 78.0 Å². The van der Waals surface area contributed by atoms with Crippen LogP contribution in [0.4, 0.5) is 10.3 Å². The molecule has 4 rings (SSSR count). The average Bonchev–Trinajstić information content (AvgIpc) is 3.30. The summed E-state index contributed by atoms with van der Waals surface area (Å²) in [5.41, 5.74) is 4.18. The molecule has 8 heteroatoms. The number of nitrogens with zero attached hydrogens (tertiary/aromatic N) is 5. The molecule has 0 unspecified atom stereocenters. The molecule has 0 bridgehead atoms. The number of halogens is 1. The molecule has 1 N–H and O–H groups in total. The van der Waals surface area contributed by atoms with Gasteiger partial charge in [-0.25, -0.2) is 14.4 Å². The lowest BCUT2D eigenvalue weighted by molar-refractivity contribution is 0.0706. The zero-order valence-electron chi connectivity index (χ0n) is 19.0. The van der Waals surface area contributed by atoms with Crippen LogP contribution in [-0.2, 0) is 0 Å². The van der Waals surface area contributed by atoms with Gasteiger partial charge >= 0.3 is 0 Å². The first-order chi connectivity index (χ1) is 15.3. The third-order valence-electron chi connectivity index (χ3n) is 5.97. The molecule has 0 saturated carbocycles. The van der Waals surface area contributed by atoms with Crippen molar-refractivity contribution in [3.63, 3.8) is 0 Å². The van der Waals surface area contributed by atoms with Crippen molar-refractivity contribution < 1.29 is 9.18 Å². The minimum Gasteiger partial charge on any atom is -0.347 e. The maximum Gasteiger partial charge on any atom is 0.274 e. The normalized spacial score (nSPS) is 14.8. The molecule has 32 heavy (non-hydrogen) atoms. The number of nitrogens with one attached hydrogen (secondary N) is 1. The molecule has 0 radical (unpaired) electrons. The van der Waals surface area contributed by atoms with Gasteiger partial charge in [0.25, 0.3) is 5.91 Å². The fourth-order valence-electron chi connectivity index (χ4n) is 4.02. The molecule has 1 aromatic carbocycles. The van der Waals surface area contributed by atoms with Gasteiger partial charge in [0.1, 0.15) is 11.5 Å². The van der Waals surface area contributed by atoms with E-state index in [0.717, 1.165) is 35.4 Å². The van der Waals surface area contributed by atoms with Crippen molar-refractivity contribution in [2.24, 2.45) is 0 Å². The third-order valence-corrected chi connectivity index (χ3v) is 5.97. The largest absolute Gasteiger partial charge is 0.347 e. The summed E-state index contributed by atoms with van der Waals surface area (Å²) in [6.45, 7) is 5.40. The number of likely N-dealkylation sites (tertiary alicyclic amines) is 1. The van der Waals surface area contributed by atoms with Crippen molar-refractivity contribution in [1.29, 1.82) is 0 Å². The van der Waals surface area contributed by atoms with E-state index in [-0.39, 0.29) is 17.6 Å². The molecule has 0 aliphatic carbocycles. The first-order valence-corrected chi connectivity index (χ1v) is 11.0. The smallest absolute Gasteiger partial charge is 0.274 e. The molecule has 0 atom stereocenters. The van der Waals surface area contributed by atoms with Crippen molar-refractivity contribution in [3.05, 3.63) is 59.4 Å². The molecule has 1 amide bonds. The number of carbonyl (C=O) groups excluding carboxylic acids is 1. The Morgan fingerprint density at radius 3 is 2.47 bits per heavy atom. The number of hydrogen-bond acceptors (Lipinski definition) is 5. The van der Waals surface area contributed by atoms with Gasteiger partial charge in [-0.15, -0.1) is 0 Å². The Bertz CT molecular complexity index is 1080. The lowest BCUT2D eigenvalue weighted by atomic mass is 9.88. The second kappa shape index (κ2) is 9.06. The van der Waals surface area contributed by atoms with Gasteiger partial charge in [0.2, 0.25) is 5.95 Å². The highest BCUT2D eigenvalue weighted by molar-refractivity contribution is 5.92. The summed E-state index contributed by atoms with van der Waals surface area (Å²) in [6, 6.07) is 8.27. The van der Waals surface area contributed by atoms with E-state index in [1.807, 2.05) is 36.2 Å². The second-order valence-electron chi connectivity index (χ2n) is 8.80. The molecule has 0 spiro atoms. The van der Waals surface area contributed by atoms with Crippen LogP contribution >= 0.6 is 0 Å². The Balaban J connectivity index is 1.54. The SMILES string of the molecule is CC(C)c1cc(C(=O)N2CCC(c3nc(N(C)C)ncc3-c3ccc(F)cc3)CC2)n[nH]1. The first kappa shape index (κ1) is 21.9. The highest BCUT2D eigenvalue weighted by Gasteiger charge is 2.29. The van der Waals surface area contributed by atoms with Gasteiger partial charge in [-0.1, -0.05) is 26.0 Å².